The summed E-state index contributed by atoms with van der Waals surface area (Å²) in [5.41, 5.74) is 8.95. The number of para-hydroxylation sites is 2. The molecule has 0 unspecified atom stereocenters. The number of nitrogens with two attached hydrogens (primary N) is 1. The van der Waals surface area contributed by atoms with Crippen LogP contribution in [-0.4, -0.2) is 31.6 Å². The Morgan fingerprint density at radius 1 is 1.27 bits per heavy atom. The Bertz CT molecular complexity index is 804. The maximum absolute atomic E-state index is 12.1. The highest BCUT2D eigenvalue weighted by Gasteiger charge is 2.24. The van der Waals surface area contributed by atoms with Gasteiger partial charge in [0, 0.05) is 18.8 Å². The molecule has 0 bridgehead atoms. The van der Waals surface area contributed by atoms with Crippen LogP contribution in [0.1, 0.15) is 18.9 Å². The second kappa shape index (κ2) is 8.38. The van der Waals surface area contributed by atoms with Crippen molar-refractivity contribution in [1.29, 1.82) is 0 Å². The van der Waals surface area contributed by atoms with Crippen molar-refractivity contribution in [2.45, 2.75) is 19.8 Å². The van der Waals surface area contributed by atoms with E-state index in [0.717, 1.165) is 30.0 Å². The second-order valence-corrected chi connectivity index (χ2v) is 6.10. The number of fused-ring (bicyclic) bond motifs is 1. The zero-order chi connectivity index (χ0) is 18.4. The van der Waals surface area contributed by atoms with E-state index in [9.17, 15) is 4.79 Å². The van der Waals surface area contributed by atoms with E-state index in [-0.39, 0.29) is 12.5 Å². The summed E-state index contributed by atoms with van der Waals surface area (Å²) in [4.78, 5) is 18.2. The summed E-state index contributed by atoms with van der Waals surface area (Å²) in [5, 5.41) is 3.11. The van der Waals surface area contributed by atoms with Gasteiger partial charge in [-0.1, -0.05) is 31.2 Å². The topological polar surface area (TPSA) is 80.0 Å². The first-order chi connectivity index (χ1) is 12.7. The summed E-state index contributed by atoms with van der Waals surface area (Å²) < 4.78 is 5.45. The largest absolute Gasteiger partial charge is 0.482 e. The Balaban J connectivity index is 1.53. The minimum atomic E-state index is -0.0323. The molecule has 1 aliphatic rings. The van der Waals surface area contributed by atoms with Crippen LogP contribution in [0, 0.1) is 0 Å². The number of nitrogens with zero attached hydrogens (tertiary/aromatic N) is 2. The van der Waals surface area contributed by atoms with Gasteiger partial charge in [-0.3, -0.25) is 9.79 Å². The number of guanidine groups is 1. The second-order valence-electron chi connectivity index (χ2n) is 6.10. The molecule has 0 aromatic heterocycles. The molecule has 0 radical (unpaired) electrons. The maximum atomic E-state index is 12.1. The van der Waals surface area contributed by atoms with E-state index in [1.165, 1.54) is 5.56 Å². The molecule has 3 N–H and O–H groups in total. The SMILES string of the molecule is CCc1cccc(NC(N)=NCCCN2C(=O)COc3ccccc32)c1. The predicted octanol–water partition coefficient (Wildman–Crippen LogP) is 2.79. The van der Waals surface area contributed by atoms with Crippen LogP contribution in [0.4, 0.5) is 11.4 Å². The van der Waals surface area contributed by atoms with Crippen LogP contribution in [0.5, 0.6) is 5.75 Å². The van der Waals surface area contributed by atoms with Gasteiger partial charge in [0.2, 0.25) is 0 Å². The standard InChI is InChI=1S/C20H24N4O2/c1-2-15-7-5-8-16(13-15)23-20(21)22-11-6-12-24-17-9-3-4-10-18(17)26-14-19(24)25/h3-5,7-10,13H,2,6,11-12,14H2,1H3,(H3,21,22,23). The molecule has 0 spiro atoms. The zero-order valence-electron chi connectivity index (χ0n) is 14.9. The van der Waals surface area contributed by atoms with Gasteiger partial charge in [-0.15, -0.1) is 0 Å². The lowest BCUT2D eigenvalue weighted by Crippen LogP contribution is -2.39. The number of aryl methyl sites for hydroxylation is 1. The molecule has 6 nitrogen and oxygen atoms in total. The Morgan fingerprint density at radius 2 is 2.12 bits per heavy atom. The maximum Gasteiger partial charge on any atom is 0.265 e. The number of carbonyl (C=O) groups is 1. The average molecular weight is 352 g/mol. The number of anilines is 2. The first-order valence-corrected chi connectivity index (χ1v) is 8.85. The highest BCUT2D eigenvalue weighted by Crippen LogP contribution is 2.31. The molecule has 1 amide bonds. The van der Waals surface area contributed by atoms with Gasteiger partial charge < -0.3 is 20.7 Å². The summed E-state index contributed by atoms with van der Waals surface area (Å²) in [6, 6.07) is 15.7. The fourth-order valence-corrected chi connectivity index (χ4v) is 2.88. The van der Waals surface area contributed by atoms with Crippen molar-refractivity contribution in [3.63, 3.8) is 0 Å². The van der Waals surface area contributed by atoms with E-state index in [2.05, 4.69) is 29.4 Å². The van der Waals surface area contributed by atoms with Crippen molar-refractivity contribution in [1.82, 2.24) is 0 Å². The smallest absolute Gasteiger partial charge is 0.265 e. The third-order valence-corrected chi connectivity index (χ3v) is 4.24. The lowest BCUT2D eigenvalue weighted by Gasteiger charge is -2.29. The first kappa shape index (κ1) is 17.8. The van der Waals surface area contributed by atoms with E-state index in [0.29, 0.717) is 19.0 Å². The quantitative estimate of drug-likeness (QED) is 0.476. The Kier molecular flexibility index (Phi) is 5.73. The summed E-state index contributed by atoms with van der Waals surface area (Å²) in [5.74, 6) is 1.09. The van der Waals surface area contributed by atoms with E-state index in [1.54, 1.807) is 4.90 Å². The average Bonchev–Trinajstić information content (AvgIpc) is 2.66. The summed E-state index contributed by atoms with van der Waals surface area (Å²) in [7, 11) is 0. The lowest BCUT2D eigenvalue weighted by atomic mass is 10.1. The summed E-state index contributed by atoms with van der Waals surface area (Å²) >= 11 is 0. The molecule has 0 fully saturated rings. The number of rotatable bonds is 6. The van der Waals surface area contributed by atoms with Gasteiger partial charge in [0.15, 0.2) is 12.6 Å². The van der Waals surface area contributed by atoms with Crippen LogP contribution in [0.25, 0.3) is 0 Å². The van der Waals surface area contributed by atoms with Gasteiger partial charge in [-0.2, -0.15) is 0 Å². The number of ether oxygens (including phenoxy) is 1. The minimum absolute atomic E-state index is 0.0323. The van der Waals surface area contributed by atoms with Gasteiger partial charge in [-0.25, -0.2) is 0 Å². The number of nitrogens with one attached hydrogen (secondary N) is 1. The van der Waals surface area contributed by atoms with Crippen molar-refractivity contribution >= 4 is 23.2 Å². The molecule has 0 saturated heterocycles. The van der Waals surface area contributed by atoms with Crippen molar-refractivity contribution in [3.05, 3.63) is 54.1 Å². The van der Waals surface area contributed by atoms with Crippen LogP contribution in [-0.2, 0) is 11.2 Å². The highest BCUT2D eigenvalue weighted by atomic mass is 16.5. The van der Waals surface area contributed by atoms with Gasteiger partial charge in [0.25, 0.3) is 5.91 Å². The zero-order valence-corrected chi connectivity index (χ0v) is 14.9. The molecule has 0 aliphatic carbocycles. The normalized spacial score (nSPS) is 14.0. The number of hydrogen-bond donors (Lipinski definition) is 2. The van der Waals surface area contributed by atoms with Crippen molar-refractivity contribution in [3.8, 4) is 5.75 Å². The fourth-order valence-electron chi connectivity index (χ4n) is 2.88. The molecule has 0 atom stereocenters. The number of benzene rings is 2. The van der Waals surface area contributed by atoms with Gasteiger partial charge in [-0.05, 0) is 42.7 Å². The minimum Gasteiger partial charge on any atom is -0.482 e. The molecule has 1 heterocycles. The monoisotopic (exact) mass is 352 g/mol. The number of carbonyl (C=O) groups excluding carboxylic acids is 1. The molecule has 6 heteroatoms. The van der Waals surface area contributed by atoms with Crippen molar-refractivity contribution in [2.24, 2.45) is 10.7 Å². The van der Waals surface area contributed by atoms with Gasteiger partial charge in [0.05, 0.1) is 5.69 Å². The lowest BCUT2D eigenvalue weighted by molar-refractivity contribution is -0.121. The molecule has 2 aromatic carbocycles. The first-order valence-electron chi connectivity index (χ1n) is 8.85. The van der Waals surface area contributed by atoms with E-state index in [4.69, 9.17) is 10.5 Å². The van der Waals surface area contributed by atoms with Crippen LogP contribution >= 0.6 is 0 Å². The number of aliphatic imine (C=N–C) groups is 1. The van der Waals surface area contributed by atoms with Crippen LogP contribution in [0.15, 0.2) is 53.5 Å². The van der Waals surface area contributed by atoms with Crippen LogP contribution in [0.2, 0.25) is 0 Å². The summed E-state index contributed by atoms with van der Waals surface area (Å²) in [6.45, 7) is 3.32. The third kappa shape index (κ3) is 4.33. The molecule has 3 rings (SSSR count). The van der Waals surface area contributed by atoms with Crippen LogP contribution in [0.3, 0.4) is 0 Å². The molecular weight excluding hydrogens is 328 g/mol. The molecular formula is C20H24N4O2. The Hall–Kier alpha value is -3.02. The molecule has 0 saturated carbocycles. The molecule has 1 aliphatic heterocycles. The van der Waals surface area contributed by atoms with Crippen LogP contribution < -0.4 is 20.7 Å². The van der Waals surface area contributed by atoms with Crippen molar-refractivity contribution < 1.29 is 9.53 Å². The molecule has 2 aromatic rings. The number of hydrogen-bond acceptors (Lipinski definition) is 3. The van der Waals surface area contributed by atoms with E-state index in [1.807, 2.05) is 36.4 Å². The van der Waals surface area contributed by atoms with Crippen molar-refractivity contribution in [2.75, 3.05) is 29.9 Å². The summed E-state index contributed by atoms with van der Waals surface area (Å²) in [6.07, 6.45) is 1.69. The number of amides is 1. The highest BCUT2D eigenvalue weighted by molar-refractivity contribution is 5.97. The molecule has 26 heavy (non-hydrogen) atoms. The van der Waals surface area contributed by atoms with Gasteiger partial charge in [0.1, 0.15) is 5.75 Å². The third-order valence-electron chi connectivity index (χ3n) is 4.24. The Labute approximate surface area is 153 Å². The Morgan fingerprint density at radius 3 is 2.96 bits per heavy atom. The predicted molar refractivity (Wildman–Crippen MR) is 105 cm³/mol. The van der Waals surface area contributed by atoms with Gasteiger partial charge >= 0.3 is 0 Å². The van der Waals surface area contributed by atoms with E-state index < -0.39 is 0 Å². The molecule has 136 valence electrons. The van der Waals surface area contributed by atoms with E-state index >= 15 is 0 Å². The fraction of sp³-hybridized carbons (Fsp3) is 0.300.